The van der Waals surface area contributed by atoms with Crippen molar-refractivity contribution < 1.29 is 14.3 Å². The van der Waals surface area contributed by atoms with E-state index in [0.717, 1.165) is 25.7 Å². The van der Waals surface area contributed by atoms with E-state index >= 15 is 0 Å². The summed E-state index contributed by atoms with van der Waals surface area (Å²) in [7, 11) is 0. The molecule has 2 bridgehead atoms. The zero-order valence-electron chi connectivity index (χ0n) is 8.36. The van der Waals surface area contributed by atoms with Crippen molar-refractivity contribution in [2.45, 2.75) is 25.7 Å². The fourth-order valence-corrected chi connectivity index (χ4v) is 4.69. The van der Waals surface area contributed by atoms with Gasteiger partial charge in [-0.2, -0.15) is 0 Å². The van der Waals surface area contributed by atoms with Crippen LogP contribution in [0.25, 0.3) is 0 Å². The molecule has 4 aliphatic rings. The number of fused-ring (bicyclic) bond motifs is 2. The Balaban J connectivity index is 2.05. The largest absolute Gasteiger partial charge is 0.392 e. The molecule has 4 atom stereocenters. The van der Waals surface area contributed by atoms with E-state index in [9.17, 15) is 9.59 Å². The van der Waals surface area contributed by atoms with Gasteiger partial charge in [0.25, 0.3) is 0 Å². The second kappa shape index (κ2) is 2.04. The van der Waals surface area contributed by atoms with Crippen LogP contribution < -0.4 is 0 Å². The molecule has 3 nitrogen and oxygen atoms in total. The van der Waals surface area contributed by atoms with Crippen LogP contribution in [0.15, 0.2) is 12.2 Å². The molecular weight excluding hydrogens is 192 g/mol. The lowest BCUT2D eigenvalue weighted by molar-refractivity contribution is -0.157. The summed E-state index contributed by atoms with van der Waals surface area (Å²) in [6, 6.07) is 0. The molecule has 3 fully saturated rings. The second-order valence-corrected chi connectivity index (χ2v) is 5.31. The molecule has 1 aliphatic heterocycles. The van der Waals surface area contributed by atoms with Crippen LogP contribution in [0.2, 0.25) is 0 Å². The summed E-state index contributed by atoms with van der Waals surface area (Å²) in [5, 5.41) is 0. The van der Waals surface area contributed by atoms with E-state index < -0.39 is 10.8 Å². The average molecular weight is 204 g/mol. The normalized spacial score (nSPS) is 54.7. The van der Waals surface area contributed by atoms with Crippen molar-refractivity contribution in [3.63, 3.8) is 0 Å². The molecule has 78 valence electrons. The zero-order valence-corrected chi connectivity index (χ0v) is 8.36. The van der Waals surface area contributed by atoms with Gasteiger partial charge in [-0.1, -0.05) is 18.6 Å². The molecule has 1 saturated heterocycles. The lowest BCUT2D eigenvalue weighted by atomic mass is 9.61. The van der Waals surface area contributed by atoms with Gasteiger partial charge in [-0.15, -0.1) is 0 Å². The quantitative estimate of drug-likeness (QED) is 0.340. The summed E-state index contributed by atoms with van der Waals surface area (Å²) in [4.78, 5) is 24.0. The SMILES string of the molecule is O=C1OC(=O)[C@@]23CCC[C@@]12[C@H]1C=C[C@@H]3C1. The molecule has 2 saturated carbocycles. The summed E-state index contributed by atoms with van der Waals surface area (Å²) < 4.78 is 4.94. The van der Waals surface area contributed by atoms with Crippen LogP contribution in [0.1, 0.15) is 25.7 Å². The first-order chi connectivity index (χ1) is 7.22. The second-order valence-electron chi connectivity index (χ2n) is 5.31. The van der Waals surface area contributed by atoms with E-state index in [-0.39, 0.29) is 23.8 Å². The molecule has 0 aromatic rings. The van der Waals surface area contributed by atoms with E-state index in [4.69, 9.17) is 4.74 Å². The van der Waals surface area contributed by atoms with Gasteiger partial charge in [0.2, 0.25) is 0 Å². The molecule has 4 rings (SSSR count). The smallest absolute Gasteiger partial charge is 0.321 e. The molecule has 1 heterocycles. The van der Waals surface area contributed by atoms with Crippen LogP contribution in [0.3, 0.4) is 0 Å². The highest BCUT2D eigenvalue weighted by molar-refractivity contribution is 6.04. The van der Waals surface area contributed by atoms with Gasteiger partial charge in [-0.05, 0) is 31.1 Å². The molecule has 15 heavy (non-hydrogen) atoms. The van der Waals surface area contributed by atoms with Crippen LogP contribution in [0.5, 0.6) is 0 Å². The first-order valence-corrected chi connectivity index (χ1v) is 5.67. The highest BCUT2D eigenvalue weighted by atomic mass is 16.6. The van der Waals surface area contributed by atoms with Crippen LogP contribution in [0, 0.1) is 22.7 Å². The molecular formula is C12H12O3. The maximum Gasteiger partial charge on any atom is 0.321 e. The van der Waals surface area contributed by atoms with Crippen molar-refractivity contribution >= 4 is 11.9 Å². The van der Waals surface area contributed by atoms with Crippen molar-refractivity contribution in [3.8, 4) is 0 Å². The molecule has 0 unspecified atom stereocenters. The summed E-state index contributed by atoms with van der Waals surface area (Å²) in [6.07, 6.45) is 7.95. The van der Waals surface area contributed by atoms with Crippen LogP contribution in [-0.2, 0) is 14.3 Å². The van der Waals surface area contributed by atoms with Crippen molar-refractivity contribution in [1.29, 1.82) is 0 Å². The van der Waals surface area contributed by atoms with Crippen molar-refractivity contribution in [2.75, 3.05) is 0 Å². The molecule has 0 spiro atoms. The number of allylic oxidation sites excluding steroid dienone is 2. The molecule has 3 aliphatic carbocycles. The third kappa shape index (κ3) is 0.545. The van der Waals surface area contributed by atoms with E-state index in [1.54, 1.807) is 0 Å². The zero-order chi connectivity index (χ0) is 10.3. The number of hydrogen-bond acceptors (Lipinski definition) is 3. The summed E-state index contributed by atoms with van der Waals surface area (Å²) >= 11 is 0. The fraction of sp³-hybridized carbons (Fsp3) is 0.667. The summed E-state index contributed by atoms with van der Waals surface area (Å²) in [5.74, 6) is 0.0663. The van der Waals surface area contributed by atoms with Crippen molar-refractivity contribution in [1.82, 2.24) is 0 Å². The number of ether oxygens (including phenoxy) is 1. The van der Waals surface area contributed by atoms with Gasteiger partial charge in [-0.25, -0.2) is 0 Å². The molecule has 3 heteroatoms. The highest BCUT2D eigenvalue weighted by Crippen LogP contribution is 2.74. The standard InChI is InChI=1S/C12H12O3/c13-9-11-4-1-5-12(11,10(14)15-9)8-3-2-7(11)6-8/h2-3,7-8H,1,4-6H2/t7-,8+,11+,12-. The molecule has 0 aromatic carbocycles. The number of cyclic esters (lactones) is 2. The molecule has 0 radical (unpaired) electrons. The third-order valence-corrected chi connectivity index (χ3v) is 5.20. The van der Waals surface area contributed by atoms with Gasteiger partial charge in [0, 0.05) is 0 Å². The number of carbonyl (C=O) groups is 2. The highest BCUT2D eigenvalue weighted by Gasteiger charge is 2.79. The first-order valence-electron chi connectivity index (χ1n) is 5.67. The number of rotatable bonds is 0. The van der Waals surface area contributed by atoms with Crippen LogP contribution in [-0.4, -0.2) is 11.9 Å². The fourth-order valence-electron chi connectivity index (χ4n) is 4.69. The van der Waals surface area contributed by atoms with Gasteiger partial charge >= 0.3 is 11.9 Å². The van der Waals surface area contributed by atoms with E-state index in [1.807, 2.05) is 0 Å². The van der Waals surface area contributed by atoms with Crippen molar-refractivity contribution in [3.05, 3.63) is 12.2 Å². The van der Waals surface area contributed by atoms with Gasteiger partial charge in [-0.3, -0.25) is 9.59 Å². The number of carbonyl (C=O) groups excluding carboxylic acids is 2. The maximum absolute atomic E-state index is 12.0. The summed E-state index contributed by atoms with van der Waals surface area (Å²) in [5.41, 5.74) is -0.910. The Labute approximate surface area is 87.5 Å². The number of hydrogen-bond donors (Lipinski definition) is 0. The maximum atomic E-state index is 12.0. The average Bonchev–Trinajstić information content (AvgIpc) is 2.89. The molecule has 0 amide bonds. The first kappa shape index (κ1) is 8.08. The Morgan fingerprint density at radius 2 is 1.60 bits per heavy atom. The lowest BCUT2D eigenvalue weighted by Crippen LogP contribution is -2.43. The topological polar surface area (TPSA) is 43.4 Å². The van der Waals surface area contributed by atoms with E-state index in [2.05, 4.69) is 12.2 Å². The Morgan fingerprint density at radius 3 is 2.13 bits per heavy atom. The third-order valence-electron chi connectivity index (χ3n) is 5.20. The van der Waals surface area contributed by atoms with E-state index in [0.29, 0.717) is 0 Å². The van der Waals surface area contributed by atoms with Gasteiger partial charge in [0.1, 0.15) is 0 Å². The van der Waals surface area contributed by atoms with Crippen molar-refractivity contribution in [2.24, 2.45) is 22.7 Å². The van der Waals surface area contributed by atoms with Crippen LogP contribution in [0.4, 0.5) is 0 Å². The minimum absolute atomic E-state index is 0.234. The Morgan fingerprint density at radius 1 is 1.07 bits per heavy atom. The minimum atomic E-state index is -0.455. The van der Waals surface area contributed by atoms with E-state index in [1.165, 1.54) is 0 Å². The predicted octanol–water partition coefficient (Wildman–Crippen LogP) is 1.43. The monoisotopic (exact) mass is 204 g/mol. The lowest BCUT2D eigenvalue weighted by Gasteiger charge is -2.34. The number of esters is 2. The summed E-state index contributed by atoms with van der Waals surface area (Å²) in [6.45, 7) is 0. The Kier molecular flexibility index (Phi) is 1.10. The van der Waals surface area contributed by atoms with Crippen LogP contribution >= 0.6 is 0 Å². The van der Waals surface area contributed by atoms with Gasteiger partial charge in [0.15, 0.2) is 0 Å². The minimum Gasteiger partial charge on any atom is -0.392 e. The van der Waals surface area contributed by atoms with Gasteiger partial charge in [0.05, 0.1) is 10.8 Å². The Hall–Kier alpha value is -1.12. The Bertz CT molecular complexity index is 389. The molecule has 0 aromatic heterocycles. The predicted molar refractivity (Wildman–Crippen MR) is 50.6 cm³/mol. The molecule has 0 N–H and O–H groups in total. The van der Waals surface area contributed by atoms with Gasteiger partial charge < -0.3 is 4.74 Å².